The smallest absolute Gasteiger partial charge is 0.244 e. The Hall–Kier alpha value is -2.98. The van der Waals surface area contributed by atoms with Crippen LogP contribution in [0, 0.1) is 0 Å². The molecule has 0 bridgehead atoms. The lowest BCUT2D eigenvalue weighted by Crippen LogP contribution is -2.52. The minimum atomic E-state index is -3.92. The van der Waals surface area contributed by atoms with Gasteiger partial charge in [0.15, 0.2) is 0 Å². The first kappa shape index (κ1) is 29.3. The summed E-state index contributed by atoms with van der Waals surface area (Å²) in [5.41, 5.74) is 0.905. The van der Waals surface area contributed by atoms with Crippen molar-refractivity contribution >= 4 is 39.1 Å². The van der Waals surface area contributed by atoms with E-state index in [2.05, 4.69) is 5.32 Å². The third-order valence-electron chi connectivity index (χ3n) is 5.54. The van der Waals surface area contributed by atoms with Crippen LogP contribution in [0.1, 0.15) is 32.3 Å². The van der Waals surface area contributed by atoms with Crippen molar-refractivity contribution in [3.63, 3.8) is 0 Å². The molecule has 2 amide bonds. The third-order valence-corrected chi connectivity index (χ3v) is 6.91. The van der Waals surface area contributed by atoms with E-state index in [0.717, 1.165) is 22.5 Å². The Balaban J connectivity index is 2.50. The molecule has 2 aromatic carbocycles. The first-order chi connectivity index (χ1) is 17.0. The average Bonchev–Trinajstić information content (AvgIpc) is 2.85. The van der Waals surface area contributed by atoms with Crippen molar-refractivity contribution in [1.82, 2.24) is 10.2 Å². The van der Waals surface area contributed by atoms with E-state index in [1.165, 1.54) is 25.2 Å². The van der Waals surface area contributed by atoms with Gasteiger partial charge in [-0.3, -0.25) is 13.9 Å². The SMILES string of the molecule is CCCNC(=O)[C@H](CC)N(Cc1ccc(Cl)cc1)C(=O)CN(c1cc(OC)ccc1OC)S(C)(=O)=O. The fraction of sp³-hybridized carbons (Fsp3) is 0.440. The molecule has 0 saturated carbocycles. The topological polar surface area (TPSA) is 105 Å². The Kier molecular flexibility index (Phi) is 10.9. The molecule has 1 atom stereocenters. The van der Waals surface area contributed by atoms with Gasteiger partial charge < -0.3 is 19.7 Å². The Morgan fingerprint density at radius 2 is 1.72 bits per heavy atom. The Bertz CT molecular complexity index is 1140. The predicted octanol–water partition coefficient (Wildman–Crippen LogP) is 3.46. The van der Waals surface area contributed by atoms with Crippen LogP contribution in [0.15, 0.2) is 42.5 Å². The minimum absolute atomic E-state index is 0.0981. The van der Waals surface area contributed by atoms with Gasteiger partial charge in [0.25, 0.3) is 0 Å². The van der Waals surface area contributed by atoms with Crippen molar-refractivity contribution < 1.29 is 27.5 Å². The molecule has 0 radical (unpaired) electrons. The molecule has 0 fully saturated rings. The Morgan fingerprint density at radius 3 is 2.25 bits per heavy atom. The van der Waals surface area contributed by atoms with Crippen LogP contribution in [0.3, 0.4) is 0 Å². The van der Waals surface area contributed by atoms with Crippen molar-refractivity contribution in [3.8, 4) is 11.5 Å². The van der Waals surface area contributed by atoms with Gasteiger partial charge in [-0.05, 0) is 42.7 Å². The lowest BCUT2D eigenvalue weighted by Gasteiger charge is -2.33. The lowest BCUT2D eigenvalue weighted by molar-refractivity contribution is -0.140. The fourth-order valence-corrected chi connectivity index (χ4v) is 4.63. The van der Waals surface area contributed by atoms with Crippen molar-refractivity contribution in [3.05, 3.63) is 53.1 Å². The van der Waals surface area contributed by atoms with E-state index in [1.807, 2.05) is 6.92 Å². The summed E-state index contributed by atoms with van der Waals surface area (Å²) in [7, 11) is -1.05. The maximum atomic E-state index is 13.7. The summed E-state index contributed by atoms with van der Waals surface area (Å²) in [6, 6.07) is 10.8. The number of halogens is 1. The number of ether oxygens (including phenoxy) is 2. The highest BCUT2D eigenvalue weighted by Gasteiger charge is 2.32. The first-order valence-electron chi connectivity index (χ1n) is 11.6. The van der Waals surface area contributed by atoms with Crippen LogP contribution >= 0.6 is 11.6 Å². The molecular weight excluding hydrogens is 506 g/mol. The highest BCUT2D eigenvalue weighted by Crippen LogP contribution is 2.34. The summed E-state index contributed by atoms with van der Waals surface area (Å²) < 4.78 is 37.2. The number of carbonyl (C=O) groups excluding carboxylic acids is 2. The maximum absolute atomic E-state index is 13.7. The average molecular weight is 540 g/mol. The number of rotatable bonds is 13. The molecule has 2 rings (SSSR count). The van der Waals surface area contributed by atoms with Crippen LogP contribution < -0.4 is 19.1 Å². The molecule has 0 spiro atoms. The highest BCUT2D eigenvalue weighted by molar-refractivity contribution is 7.92. The van der Waals surface area contributed by atoms with Gasteiger partial charge in [0.05, 0.1) is 26.2 Å². The van der Waals surface area contributed by atoms with Gasteiger partial charge in [-0.1, -0.05) is 37.6 Å². The monoisotopic (exact) mass is 539 g/mol. The van der Waals surface area contributed by atoms with Crippen LogP contribution in [0.25, 0.3) is 0 Å². The molecule has 9 nitrogen and oxygen atoms in total. The molecule has 11 heteroatoms. The van der Waals surface area contributed by atoms with Crippen LogP contribution in [-0.4, -0.2) is 64.7 Å². The molecule has 0 saturated heterocycles. The molecule has 36 heavy (non-hydrogen) atoms. The largest absolute Gasteiger partial charge is 0.497 e. The van der Waals surface area contributed by atoms with E-state index in [1.54, 1.807) is 43.3 Å². The minimum Gasteiger partial charge on any atom is -0.497 e. The summed E-state index contributed by atoms with van der Waals surface area (Å²) in [6.07, 6.45) is 2.09. The Morgan fingerprint density at radius 1 is 1.06 bits per heavy atom. The number of anilines is 1. The van der Waals surface area contributed by atoms with Gasteiger partial charge in [0.1, 0.15) is 24.1 Å². The summed E-state index contributed by atoms with van der Waals surface area (Å²) in [4.78, 5) is 28.1. The van der Waals surface area contributed by atoms with Gasteiger partial charge in [0, 0.05) is 24.2 Å². The van der Waals surface area contributed by atoms with E-state index < -0.39 is 28.5 Å². The summed E-state index contributed by atoms with van der Waals surface area (Å²) in [6.45, 7) is 3.77. The molecule has 0 heterocycles. The molecule has 0 aliphatic rings. The second-order valence-corrected chi connectivity index (χ2v) is 10.5. The van der Waals surface area contributed by atoms with Gasteiger partial charge in [-0.2, -0.15) is 0 Å². The number of methoxy groups -OCH3 is 2. The summed E-state index contributed by atoms with van der Waals surface area (Å²) in [5, 5.41) is 3.38. The van der Waals surface area contributed by atoms with E-state index >= 15 is 0 Å². The van der Waals surface area contributed by atoms with E-state index in [0.29, 0.717) is 23.7 Å². The normalized spacial score (nSPS) is 11.9. The number of nitrogens with zero attached hydrogens (tertiary/aromatic N) is 2. The lowest BCUT2D eigenvalue weighted by atomic mass is 10.1. The standard InChI is InChI=1S/C25H34ClN3O6S/c1-6-14-27-25(31)21(7-2)28(16-18-8-10-19(26)11-9-18)24(30)17-29(36(5,32)33)22-15-20(34-3)12-13-23(22)35-4/h8-13,15,21H,6-7,14,16-17H2,1-5H3,(H,27,31)/t21-/m0/s1. The fourth-order valence-electron chi connectivity index (χ4n) is 3.66. The van der Waals surface area contributed by atoms with Crippen molar-refractivity contribution in [2.45, 2.75) is 39.3 Å². The maximum Gasteiger partial charge on any atom is 0.244 e. The second-order valence-electron chi connectivity index (χ2n) is 8.17. The molecular formula is C25H34ClN3O6S. The van der Waals surface area contributed by atoms with Gasteiger partial charge in [0.2, 0.25) is 21.8 Å². The zero-order valence-corrected chi connectivity index (χ0v) is 22.9. The molecule has 0 aliphatic carbocycles. The van der Waals surface area contributed by atoms with Crippen LogP contribution in [0.4, 0.5) is 5.69 Å². The quantitative estimate of drug-likeness (QED) is 0.418. The number of hydrogen-bond acceptors (Lipinski definition) is 6. The van der Waals surface area contributed by atoms with Crippen molar-refractivity contribution in [2.75, 3.05) is 37.9 Å². The predicted molar refractivity (Wildman–Crippen MR) is 141 cm³/mol. The summed E-state index contributed by atoms with van der Waals surface area (Å²) >= 11 is 6.01. The number of sulfonamides is 1. The number of amides is 2. The number of carbonyl (C=O) groups is 2. The number of hydrogen-bond donors (Lipinski definition) is 1. The molecule has 2 aromatic rings. The number of benzene rings is 2. The van der Waals surface area contributed by atoms with Gasteiger partial charge >= 0.3 is 0 Å². The molecule has 0 aliphatic heterocycles. The first-order valence-corrected chi connectivity index (χ1v) is 13.8. The van der Waals surface area contributed by atoms with Gasteiger partial charge in [-0.15, -0.1) is 0 Å². The molecule has 0 unspecified atom stereocenters. The molecule has 0 aromatic heterocycles. The van der Waals surface area contributed by atoms with Crippen LogP contribution in [0.2, 0.25) is 5.02 Å². The summed E-state index contributed by atoms with van der Waals surface area (Å²) in [5.74, 6) is -0.188. The van der Waals surface area contributed by atoms with E-state index in [-0.39, 0.29) is 23.9 Å². The molecule has 198 valence electrons. The van der Waals surface area contributed by atoms with Crippen molar-refractivity contribution in [2.24, 2.45) is 0 Å². The van der Waals surface area contributed by atoms with E-state index in [9.17, 15) is 18.0 Å². The zero-order valence-electron chi connectivity index (χ0n) is 21.3. The Labute approximate surface area is 218 Å². The molecule has 1 N–H and O–H groups in total. The van der Waals surface area contributed by atoms with Crippen molar-refractivity contribution in [1.29, 1.82) is 0 Å². The number of nitrogens with one attached hydrogen (secondary N) is 1. The van der Waals surface area contributed by atoms with Crippen LogP contribution in [0.5, 0.6) is 11.5 Å². The third kappa shape index (κ3) is 7.76. The van der Waals surface area contributed by atoms with Gasteiger partial charge in [-0.25, -0.2) is 8.42 Å². The zero-order chi connectivity index (χ0) is 26.9. The highest BCUT2D eigenvalue weighted by atomic mass is 35.5. The van der Waals surface area contributed by atoms with Crippen LogP contribution in [-0.2, 0) is 26.2 Å². The van der Waals surface area contributed by atoms with E-state index in [4.69, 9.17) is 21.1 Å². The second kappa shape index (κ2) is 13.4.